The first-order valence-corrected chi connectivity index (χ1v) is 52.5. The summed E-state index contributed by atoms with van der Waals surface area (Å²) in [5.74, 6) is -2.15. The van der Waals surface area contributed by atoms with E-state index >= 15 is 0 Å². The van der Waals surface area contributed by atoms with Gasteiger partial charge in [-0.3, -0.25) is 47.9 Å². The van der Waals surface area contributed by atoms with Crippen molar-refractivity contribution in [2.24, 2.45) is 0 Å². The number of amides is 8. The summed E-state index contributed by atoms with van der Waals surface area (Å²) in [4.78, 5) is 148. The number of hydrogen-bond acceptors (Lipinski definition) is 17. The lowest BCUT2D eigenvalue weighted by molar-refractivity contribution is -0.124. The van der Waals surface area contributed by atoms with E-state index in [-0.39, 0.29) is 110 Å². The Kier molecular flexibility index (Phi) is 38.9. The van der Waals surface area contributed by atoms with Crippen LogP contribution in [0.5, 0.6) is 5.75 Å². The Morgan fingerprint density at radius 2 is 0.745 bits per heavy atom. The molecule has 8 amide bonds. The van der Waals surface area contributed by atoms with Crippen LogP contribution in [0.4, 0.5) is 11.4 Å². The van der Waals surface area contributed by atoms with Crippen LogP contribution in [-0.4, -0.2) is 217 Å². The molecule has 1 unspecified atom stereocenters. The molecule has 0 saturated heterocycles. The smallest absolute Gasteiger partial charge is 0.274 e. The fourth-order valence-electron chi connectivity index (χ4n) is 19.7. The van der Waals surface area contributed by atoms with E-state index in [1.54, 1.807) is 108 Å². The normalized spacial score (nSPS) is 14.2. The van der Waals surface area contributed by atoms with E-state index < -0.39 is 24.0 Å². The molecule has 0 spiro atoms. The third-order valence-corrected chi connectivity index (χ3v) is 27.9. The number of para-hydroxylation sites is 1. The van der Waals surface area contributed by atoms with Crippen molar-refractivity contribution in [2.75, 3.05) is 76.3 Å². The molecule has 3 aliphatic heterocycles. The van der Waals surface area contributed by atoms with Crippen LogP contribution in [-0.2, 0) is 70.9 Å². The number of fused-ring (bicyclic) bond motifs is 4. The number of benzene rings is 10. The van der Waals surface area contributed by atoms with Crippen LogP contribution in [0, 0.1) is 20.8 Å². The first kappa shape index (κ1) is 110. The average Bonchev–Trinajstić information content (AvgIpc) is 1.74. The number of aliphatic hydroxyl groups excluding tert-OH is 3. The van der Waals surface area contributed by atoms with E-state index in [1.165, 1.54) is 6.92 Å². The zero-order valence-electron chi connectivity index (χ0n) is 87.4. The highest BCUT2D eigenvalue weighted by Gasteiger charge is 2.38. The molecule has 13 aromatic rings. The Hall–Kier alpha value is -15.1. The van der Waals surface area contributed by atoms with Gasteiger partial charge in [0.15, 0.2) is 23.7 Å². The minimum atomic E-state index is -0.606. The molecule has 10 aromatic carbocycles. The van der Waals surface area contributed by atoms with Crippen LogP contribution in [0.2, 0.25) is 0 Å². The summed E-state index contributed by atoms with van der Waals surface area (Å²) in [7, 11) is 0. The summed E-state index contributed by atoms with van der Waals surface area (Å²) in [6.45, 7) is 23.7. The van der Waals surface area contributed by atoms with Crippen molar-refractivity contribution in [3.8, 4) is 22.8 Å². The SMILES string of the molecule is CCCCN(CCC)C(=O)c1cc(C)n(-c2ccc(NC(=O)COc3ccccc3)cc2C(=O)N2Cc3ccccc3C[C@H]2CO)n1.CCCCN(CCCC)C(=O)c1cc(C)n(-c2ccc(CC(=O)C(CC(C)=O)c3ccccc3)cc2C(=O)N2Cc3ccccc3C[C@H]2CO)n1.CCCCN(CCCC)C(=O)c1cc(C)n(-c2ccc(NC(=O)Cc3cccc4ccccc34)cc2C(=O)N2Cc3ccccc3C[C@H]2CO)n1. The van der Waals surface area contributed by atoms with Gasteiger partial charge in [-0.1, -0.05) is 244 Å². The molecule has 4 atom stereocenters. The highest BCUT2D eigenvalue weighted by atomic mass is 16.5. The number of unbranched alkanes of at least 4 members (excludes halogenated alkanes) is 5. The van der Waals surface area contributed by atoms with Gasteiger partial charge < -0.3 is 60.1 Å². The lowest BCUT2D eigenvalue weighted by Crippen LogP contribution is -2.46. The summed E-state index contributed by atoms with van der Waals surface area (Å²) in [5.41, 5.74) is 14.9. The Morgan fingerprint density at radius 1 is 0.383 bits per heavy atom. The zero-order chi connectivity index (χ0) is 106. The predicted octanol–water partition coefficient (Wildman–Crippen LogP) is 19.2. The molecule has 0 radical (unpaired) electrons. The molecule has 28 heteroatoms. The van der Waals surface area contributed by atoms with Crippen molar-refractivity contribution in [1.82, 2.24) is 58.7 Å². The van der Waals surface area contributed by atoms with Gasteiger partial charge in [0.25, 0.3) is 41.4 Å². The minimum Gasteiger partial charge on any atom is -0.484 e. The number of aliphatic hydroxyl groups is 3. The predicted molar refractivity (Wildman–Crippen MR) is 580 cm³/mol. The van der Waals surface area contributed by atoms with Crippen LogP contribution in [0.25, 0.3) is 27.8 Å². The number of nitrogens with zero attached hydrogens (tertiary/aromatic N) is 12. The van der Waals surface area contributed by atoms with Crippen LogP contribution in [0.15, 0.2) is 249 Å². The summed E-state index contributed by atoms with van der Waals surface area (Å²) in [6, 6.07) is 75.6. The lowest BCUT2D eigenvalue weighted by atomic mass is 9.87. The van der Waals surface area contributed by atoms with Crippen molar-refractivity contribution in [3.05, 3.63) is 350 Å². The number of rotatable bonds is 42. The van der Waals surface area contributed by atoms with E-state index in [4.69, 9.17) is 20.0 Å². The zero-order valence-corrected chi connectivity index (χ0v) is 87.4. The quantitative estimate of drug-likeness (QED) is 0.0237. The molecule has 28 nitrogen and oxygen atoms in total. The van der Waals surface area contributed by atoms with Crippen molar-refractivity contribution in [1.29, 1.82) is 0 Å². The molecule has 16 rings (SSSR count). The standard InChI is InChI=1S/C42H47N5O4.C42H50N4O5.C37H43N5O5/c1-4-6-21-45(22-7-5-2)42(51)38-23-29(3)47(44-38)39-20-19-34(43-40(49)25-32-17-12-16-30-13-10-11-18-36(30)32)26-37(39)41(50)46-27-33-15-9-8-14-31(33)24-35(46)28-48;1-5-7-20-44(21-8-6-2)42(51)38-22-29(3)46(43-38)39-19-18-31(25-40(49)36(23-30(4)48)32-14-10-9-11-15-32)24-37(39)41(50)45-27-34-17-13-12-16-33(34)26-35(45)28-47;1-4-6-19-40(18-5-2)37(46)33-20-26(3)42(39-33)34-17-16-29(38-35(44)25-47-31-14-8-7-9-15-31)22-32(34)36(45)41-23-28-13-11-10-12-27(28)21-30(41)24-43/h8-20,23,26,35,48H,4-7,21-22,24-25,27-28H2,1-3H3,(H,43,49);9-19,22,24,35-36,47H,5-8,20-21,23,25-28H2,1-4H3;7-17,20,22,30,43H,4-6,18-19,21,23-25H2,1-3H3,(H,38,44)/t35-;35-,36?;30-/m000/s1. The van der Waals surface area contributed by atoms with Gasteiger partial charge in [-0.05, 0) is 225 Å². The number of ether oxygens (including phenoxy) is 1. The Bertz CT molecular complexity index is 6850. The molecular weight excluding hydrogens is 1870 g/mol. The second kappa shape index (κ2) is 53.0. The number of hydrogen-bond donors (Lipinski definition) is 5. The summed E-state index contributed by atoms with van der Waals surface area (Å²) >= 11 is 0. The van der Waals surface area contributed by atoms with Gasteiger partial charge in [0.05, 0.1) is 78.1 Å². The maximum atomic E-state index is 14.7. The Balaban J connectivity index is 0.000000176. The van der Waals surface area contributed by atoms with Crippen molar-refractivity contribution < 1.29 is 68.0 Å². The van der Waals surface area contributed by atoms with Gasteiger partial charge in [0.2, 0.25) is 5.91 Å². The van der Waals surface area contributed by atoms with Crippen molar-refractivity contribution in [3.63, 3.8) is 0 Å². The number of carbonyl (C=O) groups excluding carboxylic acids is 10. The molecule has 0 aliphatic carbocycles. The third kappa shape index (κ3) is 27.5. The van der Waals surface area contributed by atoms with E-state index in [0.29, 0.717) is 163 Å². The number of anilines is 2. The fourth-order valence-corrected chi connectivity index (χ4v) is 19.7. The molecule has 0 bridgehead atoms. The molecule has 6 heterocycles. The highest BCUT2D eigenvalue weighted by molar-refractivity contribution is 6.04. The van der Waals surface area contributed by atoms with Crippen molar-refractivity contribution in [2.45, 2.75) is 222 Å². The topological polar surface area (TPSA) is 338 Å². The van der Waals surface area contributed by atoms with Gasteiger partial charge in [0, 0.05) is 106 Å². The number of aromatic nitrogens is 6. The molecule has 149 heavy (non-hydrogen) atoms. The number of aryl methyl sites for hydroxylation is 3. The maximum absolute atomic E-state index is 14.7. The largest absolute Gasteiger partial charge is 0.484 e. The van der Waals surface area contributed by atoms with Gasteiger partial charge in [-0.15, -0.1) is 0 Å². The number of Topliss-reactive ketones (excluding diaryl/α,β-unsaturated/α-hetero) is 2. The monoisotopic (exact) mass is 2010 g/mol. The van der Waals surface area contributed by atoms with Crippen molar-refractivity contribution >= 4 is 81.0 Å². The molecule has 3 aromatic heterocycles. The van der Waals surface area contributed by atoms with Crippen LogP contribution in [0.3, 0.4) is 0 Å². The maximum Gasteiger partial charge on any atom is 0.274 e. The minimum absolute atomic E-state index is 0.0192. The van der Waals surface area contributed by atoms with Crippen LogP contribution in [0.1, 0.15) is 261 Å². The molecule has 0 saturated carbocycles. The second-order valence-electron chi connectivity index (χ2n) is 39.0. The van der Waals surface area contributed by atoms with Gasteiger partial charge in [-0.25, -0.2) is 14.0 Å². The molecule has 778 valence electrons. The highest BCUT2D eigenvalue weighted by Crippen LogP contribution is 2.36. The molecule has 0 fully saturated rings. The van der Waals surface area contributed by atoms with E-state index in [0.717, 1.165) is 126 Å². The Labute approximate surface area is 873 Å². The van der Waals surface area contributed by atoms with Gasteiger partial charge in [0.1, 0.15) is 17.3 Å². The number of ketones is 2. The second-order valence-corrected chi connectivity index (χ2v) is 39.0. The number of carbonyl (C=O) groups is 10. The van der Waals surface area contributed by atoms with Crippen LogP contribution < -0.4 is 15.4 Å². The summed E-state index contributed by atoms with van der Waals surface area (Å²) < 4.78 is 10.5. The summed E-state index contributed by atoms with van der Waals surface area (Å²) in [5, 5.41) is 53.4. The first-order valence-electron chi connectivity index (χ1n) is 52.5. The van der Waals surface area contributed by atoms with E-state index in [9.17, 15) is 63.3 Å². The lowest BCUT2D eigenvalue weighted by Gasteiger charge is -2.36. The first-order chi connectivity index (χ1) is 72.3. The molecule has 3 aliphatic rings. The van der Waals surface area contributed by atoms with Gasteiger partial charge >= 0.3 is 0 Å². The fraction of sp³-hybridized carbons (Fsp3) is 0.364. The summed E-state index contributed by atoms with van der Waals surface area (Å²) in [6.07, 6.45) is 12.1. The van der Waals surface area contributed by atoms with E-state index in [2.05, 4.69) is 45.3 Å². The van der Waals surface area contributed by atoms with E-state index in [1.807, 2.05) is 212 Å². The van der Waals surface area contributed by atoms with Gasteiger partial charge in [-0.2, -0.15) is 15.3 Å². The Morgan fingerprint density at radius 3 is 1.15 bits per heavy atom. The van der Waals surface area contributed by atoms with Crippen LogP contribution >= 0.6 is 0 Å². The average molecular weight is 2010 g/mol. The molecular formula is C121H140N14O14. The molecule has 5 N–H and O–H groups in total. The third-order valence-electron chi connectivity index (χ3n) is 27.9. The number of nitrogens with one attached hydrogen (secondary N) is 2.